The molecule has 1 N–H and O–H groups in total. The van der Waals surface area contributed by atoms with Crippen molar-refractivity contribution in [2.75, 3.05) is 6.61 Å². The third kappa shape index (κ3) is 1.52. The molecule has 0 bridgehead atoms. The lowest BCUT2D eigenvalue weighted by Crippen LogP contribution is -1.88. The lowest BCUT2D eigenvalue weighted by Gasteiger charge is -2.03. The molecule has 1 aromatic heterocycles. The summed E-state index contributed by atoms with van der Waals surface area (Å²) in [7, 11) is 0. The molecule has 14 heavy (non-hydrogen) atoms. The molecule has 2 heteroatoms. The molecular formula is C12H11NO. The minimum Gasteiger partial charge on any atom is -0.392 e. The van der Waals surface area contributed by atoms with Crippen molar-refractivity contribution in [3.05, 3.63) is 48.7 Å². The maximum atomic E-state index is 8.95. The maximum Gasteiger partial charge on any atom is 0.0702 e. The normalized spacial score (nSPS) is 10.4. The number of fused-ring (bicyclic) bond motifs is 1. The van der Waals surface area contributed by atoms with E-state index < -0.39 is 0 Å². The monoisotopic (exact) mass is 185 g/mol. The van der Waals surface area contributed by atoms with E-state index >= 15 is 0 Å². The molecule has 1 aromatic carbocycles. The molecule has 0 fully saturated rings. The fraction of sp³-hybridized carbons (Fsp3) is 0.0833. The molecular weight excluding hydrogens is 174 g/mol. The summed E-state index contributed by atoms with van der Waals surface area (Å²) in [5, 5.41) is 10.0. The van der Waals surface area contributed by atoms with E-state index in [1.165, 1.54) is 0 Å². The van der Waals surface area contributed by atoms with Gasteiger partial charge in [-0.3, -0.25) is 4.98 Å². The third-order valence-electron chi connectivity index (χ3n) is 2.20. The lowest BCUT2D eigenvalue weighted by atomic mass is 10.1. The van der Waals surface area contributed by atoms with Crippen LogP contribution in [0.15, 0.2) is 43.1 Å². The average Bonchev–Trinajstić information content (AvgIpc) is 2.27. The molecule has 0 saturated carbocycles. The number of benzene rings is 1. The Hall–Kier alpha value is -1.67. The standard InChI is InChI=1S/C12H11NO/c1-9(8-14)10-4-5-12-11(7-10)3-2-6-13-12/h2-7,14H,1,8H2. The molecule has 0 saturated heterocycles. The maximum absolute atomic E-state index is 8.95. The van der Waals surface area contributed by atoms with Gasteiger partial charge < -0.3 is 5.11 Å². The molecule has 2 aromatic rings. The quantitative estimate of drug-likeness (QED) is 0.778. The zero-order valence-corrected chi connectivity index (χ0v) is 7.77. The number of hydrogen-bond donors (Lipinski definition) is 1. The second-order valence-electron chi connectivity index (χ2n) is 3.17. The SMILES string of the molecule is C=C(CO)c1ccc2ncccc2c1. The Balaban J connectivity index is 2.56. The fourth-order valence-electron chi connectivity index (χ4n) is 1.39. The molecule has 0 radical (unpaired) electrons. The topological polar surface area (TPSA) is 33.1 Å². The van der Waals surface area contributed by atoms with Gasteiger partial charge in [0.15, 0.2) is 0 Å². The van der Waals surface area contributed by atoms with E-state index in [2.05, 4.69) is 11.6 Å². The first-order chi connectivity index (χ1) is 6.81. The fourth-order valence-corrected chi connectivity index (χ4v) is 1.39. The van der Waals surface area contributed by atoms with Gasteiger partial charge in [0.05, 0.1) is 12.1 Å². The summed E-state index contributed by atoms with van der Waals surface area (Å²) >= 11 is 0. The van der Waals surface area contributed by atoms with Gasteiger partial charge in [-0.15, -0.1) is 0 Å². The Morgan fingerprint density at radius 1 is 1.36 bits per heavy atom. The molecule has 1 heterocycles. The second kappa shape index (κ2) is 3.60. The van der Waals surface area contributed by atoms with E-state index in [0.717, 1.165) is 22.0 Å². The Kier molecular flexibility index (Phi) is 2.29. The van der Waals surface area contributed by atoms with Gasteiger partial charge in [-0.2, -0.15) is 0 Å². The van der Waals surface area contributed by atoms with Gasteiger partial charge in [-0.25, -0.2) is 0 Å². The van der Waals surface area contributed by atoms with Crippen molar-refractivity contribution in [2.45, 2.75) is 0 Å². The first-order valence-corrected chi connectivity index (χ1v) is 4.45. The molecule has 2 nitrogen and oxygen atoms in total. The van der Waals surface area contributed by atoms with Gasteiger partial charge in [-0.1, -0.05) is 18.7 Å². The summed E-state index contributed by atoms with van der Waals surface area (Å²) in [4.78, 5) is 4.22. The Morgan fingerprint density at radius 2 is 2.21 bits per heavy atom. The van der Waals surface area contributed by atoms with E-state index in [1.54, 1.807) is 6.20 Å². The van der Waals surface area contributed by atoms with Crippen LogP contribution in [0.4, 0.5) is 0 Å². The van der Waals surface area contributed by atoms with Crippen molar-refractivity contribution in [1.82, 2.24) is 4.98 Å². The van der Waals surface area contributed by atoms with Crippen molar-refractivity contribution in [3.63, 3.8) is 0 Å². The Labute approximate surface area is 82.5 Å². The second-order valence-corrected chi connectivity index (χ2v) is 3.17. The first kappa shape index (κ1) is 8.91. The van der Waals surface area contributed by atoms with Crippen LogP contribution in [-0.4, -0.2) is 16.7 Å². The van der Waals surface area contributed by atoms with E-state index in [9.17, 15) is 0 Å². The number of nitrogens with zero attached hydrogens (tertiary/aromatic N) is 1. The van der Waals surface area contributed by atoms with Crippen molar-refractivity contribution in [3.8, 4) is 0 Å². The van der Waals surface area contributed by atoms with Gasteiger partial charge in [0.1, 0.15) is 0 Å². The Morgan fingerprint density at radius 3 is 3.00 bits per heavy atom. The summed E-state index contributed by atoms with van der Waals surface area (Å²) < 4.78 is 0. The predicted octanol–water partition coefficient (Wildman–Crippen LogP) is 2.24. The largest absolute Gasteiger partial charge is 0.392 e. The van der Waals surface area contributed by atoms with Crippen LogP contribution in [0.2, 0.25) is 0 Å². The summed E-state index contributed by atoms with van der Waals surface area (Å²) in [6, 6.07) is 9.74. The van der Waals surface area contributed by atoms with Crippen molar-refractivity contribution in [1.29, 1.82) is 0 Å². The van der Waals surface area contributed by atoms with Crippen LogP contribution in [0.3, 0.4) is 0 Å². The van der Waals surface area contributed by atoms with Crippen LogP contribution in [0, 0.1) is 0 Å². The van der Waals surface area contributed by atoms with E-state index in [-0.39, 0.29) is 6.61 Å². The number of aliphatic hydroxyl groups excluding tert-OH is 1. The zero-order chi connectivity index (χ0) is 9.97. The van der Waals surface area contributed by atoms with Crippen LogP contribution in [0.25, 0.3) is 16.5 Å². The highest BCUT2D eigenvalue weighted by Gasteiger charge is 1.99. The predicted molar refractivity (Wildman–Crippen MR) is 57.9 cm³/mol. The van der Waals surface area contributed by atoms with Gasteiger partial charge in [0, 0.05) is 11.6 Å². The van der Waals surface area contributed by atoms with Gasteiger partial charge in [0.2, 0.25) is 0 Å². The molecule has 0 aliphatic carbocycles. The van der Waals surface area contributed by atoms with Crippen LogP contribution >= 0.6 is 0 Å². The van der Waals surface area contributed by atoms with Crippen molar-refractivity contribution >= 4 is 16.5 Å². The molecule has 0 aliphatic rings. The van der Waals surface area contributed by atoms with Crippen LogP contribution in [0.5, 0.6) is 0 Å². The third-order valence-corrected chi connectivity index (χ3v) is 2.20. The minimum absolute atomic E-state index is 0.00817. The number of aliphatic hydroxyl groups is 1. The average molecular weight is 185 g/mol. The van der Waals surface area contributed by atoms with Crippen molar-refractivity contribution < 1.29 is 5.11 Å². The first-order valence-electron chi connectivity index (χ1n) is 4.45. The minimum atomic E-state index is -0.00817. The summed E-state index contributed by atoms with van der Waals surface area (Å²) in [6.45, 7) is 3.77. The van der Waals surface area contributed by atoms with E-state index in [0.29, 0.717) is 0 Å². The van der Waals surface area contributed by atoms with Crippen LogP contribution in [0.1, 0.15) is 5.56 Å². The molecule has 70 valence electrons. The molecule has 0 amide bonds. The summed E-state index contributed by atoms with van der Waals surface area (Å²) in [5.74, 6) is 0. The molecule has 0 aliphatic heterocycles. The van der Waals surface area contributed by atoms with Crippen molar-refractivity contribution in [2.24, 2.45) is 0 Å². The summed E-state index contributed by atoms with van der Waals surface area (Å²) in [6.07, 6.45) is 1.77. The van der Waals surface area contributed by atoms with Gasteiger partial charge in [-0.05, 0) is 29.3 Å². The molecule has 2 rings (SSSR count). The molecule has 0 atom stereocenters. The molecule has 0 unspecified atom stereocenters. The number of aromatic nitrogens is 1. The highest BCUT2D eigenvalue weighted by molar-refractivity contribution is 5.82. The van der Waals surface area contributed by atoms with E-state index in [4.69, 9.17) is 5.11 Å². The molecule has 0 spiro atoms. The van der Waals surface area contributed by atoms with Gasteiger partial charge >= 0.3 is 0 Å². The number of rotatable bonds is 2. The van der Waals surface area contributed by atoms with E-state index in [1.807, 2.05) is 30.3 Å². The zero-order valence-electron chi connectivity index (χ0n) is 7.77. The van der Waals surface area contributed by atoms with Gasteiger partial charge in [0.25, 0.3) is 0 Å². The van der Waals surface area contributed by atoms with Crippen LogP contribution < -0.4 is 0 Å². The number of pyridine rings is 1. The summed E-state index contributed by atoms with van der Waals surface area (Å²) in [5.41, 5.74) is 2.66. The highest BCUT2D eigenvalue weighted by atomic mass is 16.3. The Bertz CT molecular complexity index is 476. The smallest absolute Gasteiger partial charge is 0.0702 e. The van der Waals surface area contributed by atoms with Crippen LogP contribution in [-0.2, 0) is 0 Å². The highest BCUT2D eigenvalue weighted by Crippen LogP contribution is 2.18. The lowest BCUT2D eigenvalue weighted by molar-refractivity contribution is 0.350. The number of hydrogen-bond acceptors (Lipinski definition) is 2.